The van der Waals surface area contributed by atoms with Crippen molar-refractivity contribution < 1.29 is 18.0 Å². The van der Waals surface area contributed by atoms with Crippen molar-refractivity contribution in [3.05, 3.63) is 10.7 Å². The number of aryl methyl sites for hydroxylation is 1. The summed E-state index contributed by atoms with van der Waals surface area (Å²) in [5.74, 6) is -0.0391. The minimum atomic E-state index is -4.04. The van der Waals surface area contributed by atoms with E-state index >= 15 is 0 Å². The maximum atomic E-state index is 11.7. The Balaban J connectivity index is 2.57. The van der Waals surface area contributed by atoms with E-state index in [9.17, 15) is 8.42 Å². The third kappa shape index (κ3) is 2.60. The molecule has 0 bridgehead atoms. The molecule has 1 atom stereocenters. The molecule has 0 amide bonds. The first kappa shape index (κ1) is 15.1. The lowest BCUT2D eigenvalue weighted by Crippen LogP contribution is -2.39. The van der Waals surface area contributed by atoms with E-state index in [-0.39, 0.29) is 28.2 Å². The Hall–Kier alpha value is -1.32. The summed E-state index contributed by atoms with van der Waals surface area (Å²) in [4.78, 5) is 5.11. The Bertz CT molecular complexity index is 669. The molecule has 1 aromatic heterocycles. The molecule has 112 valence electrons. The van der Waals surface area contributed by atoms with E-state index in [0.29, 0.717) is 6.42 Å². The monoisotopic (exact) mass is 322 g/mol. The van der Waals surface area contributed by atoms with Gasteiger partial charge >= 0.3 is 0 Å². The van der Waals surface area contributed by atoms with Gasteiger partial charge in [-0.1, -0.05) is 18.5 Å². The average Bonchev–Trinajstić information content (AvgIpc) is 2.64. The van der Waals surface area contributed by atoms with Crippen LogP contribution in [0.25, 0.3) is 0 Å². The minimum absolute atomic E-state index is 0.0102. The Morgan fingerprint density at radius 3 is 2.75 bits per heavy atom. The Labute approximate surface area is 121 Å². The molecule has 0 saturated carbocycles. The number of nitrogens with two attached hydrogens (primary N) is 1. The van der Waals surface area contributed by atoms with Crippen molar-refractivity contribution in [1.82, 2.24) is 9.78 Å². The Morgan fingerprint density at radius 1 is 1.55 bits per heavy atom. The summed E-state index contributed by atoms with van der Waals surface area (Å²) in [6.45, 7) is 4.00. The molecule has 0 saturated heterocycles. The molecule has 2 N–H and O–H groups in total. The minimum Gasteiger partial charge on any atom is -0.465 e. The maximum absolute atomic E-state index is 11.7. The highest BCUT2D eigenvalue weighted by molar-refractivity contribution is 7.89. The molecular formula is C10H15ClN4O4S. The van der Waals surface area contributed by atoms with Crippen LogP contribution in [0.3, 0.4) is 0 Å². The van der Waals surface area contributed by atoms with E-state index in [1.165, 1.54) is 7.05 Å². The summed E-state index contributed by atoms with van der Waals surface area (Å²) in [6.07, 6.45) is 0.647. The van der Waals surface area contributed by atoms with Crippen molar-refractivity contribution in [1.29, 1.82) is 0 Å². The number of sulfonamides is 1. The third-order valence-corrected chi connectivity index (χ3v) is 4.32. The normalized spacial score (nSPS) is 22.9. The third-order valence-electron chi connectivity index (χ3n) is 3.04. The Kier molecular flexibility index (Phi) is 3.69. The van der Waals surface area contributed by atoms with Gasteiger partial charge in [-0.05, 0) is 18.5 Å². The molecule has 20 heavy (non-hydrogen) atoms. The fraction of sp³-hybridized carbons (Fsp3) is 0.600. The quantitative estimate of drug-likeness (QED) is 0.876. The highest BCUT2D eigenvalue weighted by Crippen LogP contribution is 2.29. The molecule has 2 heterocycles. The van der Waals surface area contributed by atoms with Gasteiger partial charge in [0.2, 0.25) is 0 Å². The van der Waals surface area contributed by atoms with Crippen LogP contribution in [-0.2, 0) is 26.6 Å². The average molecular weight is 323 g/mol. The van der Waals surface area contributed by atoms with Gasteiger partial charge in [-0.25, -0.2) is 13.6 Å². The van der Waals surface area contributed by atoms with E-state index in [2.05, 4.69) is 10.3 Å². The van der Waals surface area contributed by atoms with E-state index in [1.807, 2.05) is 13.8 Å². The lowest BCUT2D eigenvalue weighted by Gasteiger charge is -2.31. The zero-order valence-electron chi connectivity index (χ0n) is 11.3. The fourth-order valence-corrected chi connectivity index (χ4v) is 2.98. The van der Waals surface area contributed by atoms with Crippen LogP contribution in [0.1, 0.15) is 25.8 Å². The number of ether oxygens (including phenoxy) is 1. The first-order valence-electron chi connectivity index (χ1n) is 5.82. The number of primary sulfonamides is 1. The number of halogens is 1. The van der Waals surface area contributed by atoms with Crippen molar-refractivity contribution in [2.24, 2.45) is 17.3 Å². The molecule has 2 rings (SSSR count). The van der Waals surface area contributed by atoms with Gasteiger partial charge in [0, 0.05) is 7.05 Å². The second-order valence-electron chi connectivity index (χ2n) is 4.71. The smallest absolute Gasteiger partial charge is 0.264 e. The van der Waals surface area contributed by atoms with Crippen molar-refractivity contribution in [2.45, 2.75) is 30.9 Å². The lowest BCUT2D eigenvalue weighted by atomic mass is 10.0. The Morgan fingerprint density at radius 2 is 2.20 bits per heavy atom. The van der Waals surface area contributed by atoms with E-state index in [0.717, 1.165) is 4.68 Å². The number of aromatic nitrogens is 2. The molecule has 8 nitrogen and oxygen atoms in total. The summed E-state index contributed by atoms with van der Waals surface area (Å²) >= 11 is 5.96. The van der Waals surface area contributed by atoms with Crippen molar-refractivity contribution in [3.63, 3.8) is 0 Å². The summed E-state index contributed by atoms with van der Waals surface area (Å²) in [5.41, 5.74) is -0.609. The van der Waals surface area contributed by atoms with Gasteiger partial charge in [0.05, 0.1) is 0 Å². The molecule has 1 unspecified atom stereocenters. The van der Waals surface area contributed by atoms with Gasteiger partial charge < -0.3 is 9.57 Å². The predicted molar refractivity (Wildman–Crippen MR) is 71.9 cm³/mol. The SMILES string of the molecule is CCC1(C)CON=C(c2c(Cl)nn(C)c2S(N)(=O)=O)O1. The van der Waals surface area contributed by atoms with Gasteiger partial charge in [-0.15, -0.1) is 0 Å². The van der Waals surface area contributed by atoms with Crippen LogP contribution in [0.15, 0.2) is 10.2 Å². The first-order chi connectivity index (χ1) is 9.18. The number of hydrogen-bond donors (Lipinski definition) is 1. The molecular weight excluding hydrogens is 308 g/mol. The lowest BCUT2D eigenvalue weighted by molar-refractivity contribution is -0.0562. The molecule has 10 heteroatoms. The summed E-state index contributed by atoms with van der Waals surface area (Å²) < 4.78 is 30.1. The molecule has 0 spiro atoms. The van der Waals surface area contributed by atoms with Crippen molar-refractivity contribution in [3.8, 4) is 0 Å². The zero-order chi connectivity index (χ0) is 15.1. The topological polar surface area (TPSA) is 109 Å². The number of nitrogens with zero attached hydrogens (tertiary/aromatic N) is 3. The van der Waals surface area contributed by atoms with Gasteiger partial charge in [0.15, 0.2) is 16.8 Å². The van der Waals surface area contributed by atoms with Crippen LogP contribution in [0.5, 0.6) is 0 Å². The fourth-order valence-electron chi connectivity index (χ4n) is 1.76. The number of oxime groups is 1. The molecule has 0 aromatic carbocycles. The second-order valence-corrected chi connectivity index (χ2v) is 6.55. The van der Waals surface area contributed by atoms with Gasteiger partial charge in [0.25, 0.3) is 15.9 Å². The highest BCUT2D eigenvalue weighted by Gasteiger charge is 2.36. The first-order valence-corrected chi connectivity index (χ1v) is 7.75. The molecule has 0 radical (unpaired) electrons. The molecule has 0 aliphatic carbocycles. The van der Waals surface area contributed by atoms with E-state index < -0.39 is 15.6 Å². The summed E-state index contributed by atoms with van der Waals surface area (Å²) in [5, 5.41) is 12.4. The van der Waals surface area contributed by atoms with Crippen LogP contribution in [-0.4, -0.2) is 36.3 Å². The van der Waals surface area contributed by atoms with Crippen molar-refractivity contribution in [2.75, 3.05) is 6.61 Å². The predicted octanol–water partition coefficient (Wildman–Crippen LogP) is 0.598. The summed E-state index contributed by atoms with van der Waals surface area (Å²) in [7, 11) is -2.62. The van der Waals surface area contributed by atoms with Crippen molar-refractivity contribution >= 4 is 27.5 Å². The number of hydrogen-bond acceptors (Lipinski definition) is 6. The van der Waals surface area contributed by atoms with E-state index in [4.69, 9.17) is 26.3 Å². The molecule has 1 aliphatic rings. The van der Waals surface area contributed by atoms with Gasteiger partial charge in [-0.3, -0.25) is 4.68 Å². The van der Waals surface area contributed by atoms with Crippen LogP contribution in [0.4, 0.5) is 0 Å². The van der Waals surface area contributed by atoms with Gasteiger partial charge in [-0.2, -0.15) is 5.10 Å². The largest absolute Gasteiger partial charge is 0.465 e. The molecule has 0 fully saturated rings. The van der Waals surface area contributed by atoms with E-state index in [1.54, 1.807) is 0 Å². The maximum Gasteiger partial charge on any atom is 0.264 e. The molecule has 1 aliphatic heterocycles. The highest BCUT2D eigenvalue weighted by atomic mass is 35.5. The summed E-state index contributed by atoms with van der Waals surface area (Å²) in [6, 6.07) is 0. The number of rotatable bonds is 3. The van der Waals surface area contributed by atoms with Gasteiger partial charge in [0.1, 0.15) is 11.2 Å². The van der Waals surface area contributed by atoms with Crippen LogP contribution in [0.2, 0.25) is 5.15 Å². The second kappa shape index (κ2) is 4.90. The zero-order valence-corrected chi connectivity index (χ0v) is 12.8. The van der Waals surface area contributed by atoms with Crippen LogP contribution < -0.4 is 5.14 Å². The standard InChI is InChI=1S/C10H15ClN4O4S/c1-4-10(2)5-18-14-8(19-10)6-7(11)13-15(3)9(6)20(12,16)17/h4-5H2,1-3H3,(H2,12,16,17). The van der Waals surface area contributed by atoms with Crippen LogP contribution >= 0.6 is 11.6 Å². The molecule has 1 aromatic rings. The van der Waals surface area contributed by atoms with Crippen LogP contribution in [0, 0.1) is 0 Å².